The minimum Gasteiger partial charge on any atom is -0.451 e. The zero-order valence-electron chi connectivity index (χ0n) is 12.9. The van der Waals surface area contributed by atoms with Gasteiger partial charge in [0, 0.05) is 17.5 Å². The summed E-state index contributed by atoms with van der Waals surface area (Å²) in [5.41, 5.74) is 0.501. The molecule has 0 N–H and O–H groups in total. The number of anilines is 1. The molecule has 2 atom stereocenters. The first-order valence-electron chi connectivity index (χ1n) is 7.61. The number of furan rings is 1. The van der Waals surface area contributed by atoms with Crippen LogP contribution in [0, 0.1) is 5.82 Å². The van der Waals surface area contributed by atoms with Gasteiger partial charge in [0.2, 0.25) is 0 Å². The van der Waals surface area contributed by atoms with E-state index < -0.39 is 0 Å². The van der Waals surface area contributed by atoms with Crippen molar-refractivity contribution >= 4 is 22.7 Å². The maximum Gasteiger partial charge on any atom is 0.295 e. The van der Waals surface area contributed by atoms with Crippen molar-refractivity contribution in [1.29, 1.82) is 0 Å². The Balaban J connectivity index is 1.77. The van der Waals surface area contributed by atoms with Gasteiger partial charge in [-0.25, -0.2) is 9.07 Å². The number of benzene rings is 1. The fourth-order valence-corrected chi connectivity index (χ4v) is 3.30. The van der Waals surface area contributed by atoms with Gasteiger partial charge >= 0.3 is 0 Å². The molecule has 3 aromatic rings. The number of halogens is 1. The Morgan fingerprint density at radius 3 is 2.91 bits per heavy atom. The van der Waals surface area contributed by atoms with Gasteiger partial charge in [0.05, 0.1) is 12.2 Å². The normalized spacial score (nSPS) is 20.7. The lowest BCUT2D eigenvalue weighted by molar-refractivity contribution is 0.0942. The number of hydrogen-bond donors (Lipinski definition) is 0. The lowest BCUT2D eigenvalue weighted by Crippen LogP contribution is -2.44. The quantitative estimate of drug-likeness (QED) is 0.687. The number of fused-ring (bicyclic) bond motifs is 2. The summed E-state index contributed by atoms with van der Waals surface area (Å²) in [4.78, 5) is 14.6. The van der Waals surface area contributed by atoms with Crippen LogP contribution in [0.2, 0.25) is 0 Å². The third kappa shape index (κ3) is 2.13. The summed E-state index contributed by atoms with van der Waals surface area (Å²) in [7, 11) is 0. The average Bonchev–Trinajstić information content (AvgIpc) is 3.13. The monoisotopic (exact) mass is 313 g/mol. The molecule has 0 unspecified atom stereocenters. The summed E-state index contributed by atoms with van der Waals surface area (Å²) in [6.07, 6.45) is 2.51. The molecular weight excluding hydrogens is 297 g/mol. The van der Waals surface area contributed by atoms with Gasteiger partial charge in [-0.15, -0.1) is 0 Å². The number of amides is 1. The summed E-state index contributed by atoms with van der Waals surface area (Å²) in [6, 6.07) is 7.91. The Bertz CT molecular complexity index is 898. The van der Waals surface area contributed by atoms with E-state index in [9.17, 15) is 9.18 Å². The van der Waals surface area contributed by atoms with E-state index in [1.54, 1.807) is 17.2 Å². The third-order valence-corrected chi connectivity index (χ3v) is 4.34. The highest BCUT2D eigenvalue weighted by atomic mass is 19.1. The molecule has 5 nitrogen and oxygen atoms in total. The molecule has 0 radical (unpaired) electrons. The molecule has 0 saturated carbocycles. The van der Waals surface area contributed by atoms with Crippen LogP contribution in [0.5, 0.6) is 0 Å². The molecule has 23 heavy (non-hydrogen) atoms. The summed E-state index contributed by atoms with van der Waals surface area (Å²) >= 11 is 0. The first kappa shape index (κ1) is 14.0. The second-order valence-electron chi connectivity index (χ2n) is 6.04. The molecule has 0 fully saturated rings. The van der Waals surface area contributed by atoms with Gasteiger partial charge in [-0.1, -0.05) is 0 Å². The predicted octanol–water partition coefficient (Wildman–Crippen LogP) is 3.77. The maximum atomic E-state index is 13.3. The van der Waals surface area contributed by atoms with Crippen LogP contribution in [0.3, 0.4) is 0 Å². The second kappa shape index (κ2) is 4.94. The minimum atomic E-state index is -0.351. The Hall–Kier alpha value is -2.63. The molecule has 1 aromatic carbocycles. The van der Waals surface area contributed by atoms with E-state index in [1.807, 2.05) is 17.7 Å². The van der Waals surface area contributed by atoms with Gasteiger partial charge in [0.25, 0.3) is 5.91 Å². The number of hydrogen-bond acceptors (Lipinski definition) is 3. The van der Waals surface area contributed by atoms with Crippen LogP contribution in [0.1, 0.15) is 36.9 Å². The zero-order chi connectivity index (χ0) is 16.1. The molecule has 4 rings (SSSR count). The van der Waals surface area contributed by atoms with Crippen molar-refractivity contribution < 1.29 is 13.6 Å². The molecule has 0 bridgehead atoms. The predicted molar refractivity (Wildman–Crippen MR) is 84.0 cm³/mol. The van der Waals surface area contributed by atoms with Gasteiger partial charge in [0.15, 0.2) is 5.76 Å². The highest BCUT2D eigenvalue weighted by Crippen LogP contribution is 2.33. The van der Waals surface area contributed by atoms with Crippen LogP contribution in [0.25, 0.3) is 11.0 Å². The minimum absolute atomic E-state index is 0.0339. The topological polar surface area (TPSA) is 51.3 Å². The average molecular weight is 313 g/mol. The van der Waals surface area contributed by atoms with Crippen molar-refractivity contribution in [2.24, 2.45) is 0 Å². The van der Waals surface area contributed by atoms with Crippen LogP contribution in [0.4, 0.5) is 10.2 Å². The van der Waals surface area contributed by atoms with E-state index in [0.29, 0.717) is 11.0 Å². The first-order valence-corrected chi connectivity index (χ1v) is 7.61. The van der Waals surface area contributed by atoms with Crippen LogP contribution in [0.15, 0.2) is 40.9 Å². The number of carbonyl (C=O) groups excluding carboxylic acids is 1. The van der Waals surface area contributed by atoms with Gasteiger partial charge < -0.3 is 4.42 Å². The van der Waals surface area contributed by atoms with E-state index in [4.69, 9.17) is 4.42 Å². The molecule has 0 aliphatic carbocycles. The first-order chi connectivity index (χ1) is 11.0. The highest BCUT2D eigenvalue weighted by Gasteiger charge is 2.34. The molecule has 118 valence electrons. The van der Waals surface area contributed by atoms with Crippen molar-refractivity contribution in [2.45, 2.75) is 32.4 Å². The highest BCUT2D eigenvalue weighted by molar-refractivity contribution is 6.06. The number of rotatable bonds is 1. The van der Waals surface area contributed by atoms with Crippen molar-refractivity contribution in [1.82, 2.24) is 9.78 Å². The van der Waals surface area contributed by atoms with E-state index in [-0.39, 0.29) is 29.6 Å². The Kier molecular flexibility index (Phi) is 3.01. The summed E-state index contributed by atoms with van der Waals surface area (Å²) in [6.45, 7) is 4.09. The van der Waals surface area contributed by atoms with Crippen LogP contribution in [-0.2, 0) is 0 Å². The van der Waals surface area contributed by atoms with Crippen molar-refractivity contribution in [2.75, 3.05) is 4.90 Å². The second-order valence-corrected chi connectivity index (χ2v) is 6.04. The molecule has 1 aliphatic heterocycles. The fraction of sp³-hybridized carbons (Fsp3) is 0.294. The molecule has 0 spiro atoms. The van der Waals surface area contributed by atoms with Crippen molar-refractivity contribution in [3.8, 4) is 0 Å². The van der Waals surface area contributed by atoms with E-state index in [1.165, 1.54) is 18.2 Å². The summed E-state index contributed by atoms with van der Waals surface area (Å²) < 4.78 is 20.8. The Morgan fingerprint density at radius 2 is 2.09 bits per heavy atom. The Morgan fingerprint density at radius 1 is 1.26 bits per heavy atom. The maximum absolute atomic E-state index is 13.3. The summed E-state index contributed by atoms with van der Waals surface area (Å²) in [5, 5.41) is 4.88. The third-order valence-electron chi connectivity index (χ3n) is 4.34. The molecule has 2 aromatic heterocycles. The molecule has 0 saturated heterocycles. The van der Waals surface area contributed by atoms with E-state index >= 15 is 0 Å². The molecule has 1 amide bonds. The SMILES string of the molecule is C[C@@H]1C[C@@H](C)n2nccc2N1C(=O)c1cc2cc(F)ccc2o1. The molecule has 1 aliphatic rings. The van der Waals surface area contributed by atoms with Crippen LogP contribution in [-0.4, -0.2) is 21.7 Å². The fourth-order valence-electron chi connectivity index (χ4n) is 3.30. The van der Waals surface area contributed by atoms with E-state index in [2.05, 4.69) is 12.0 Å². The van der Waals surface area contributed by atoms with Crippen molar-refractivity contribution in [3.05, 3.63) is 48.1 Å². The smallest absolute Gasteiger partial charge is 0.295 e. The van der Waals surface area contributed by atoms with Crippen LogP contribution >= 0.6 is 0 Å². The van der Waals surface area contributed by atoms with Gasteiger partial charge in [-0.3, -0.25) is 9.69 Å². The standard InChI is InChI=1S/C17H16FN3O2/c1-10-7-11(2)21-16(5-6-19-21)20(10)17(22)15-9-12-8-13(18)3-4-14(12)23-15/h3-6,8-11H,7H2,1-2H3/t10-,11-/m1/s1. The van der Waals surface area contributed by atoms with Crippen molar-refractivity contribution in [3.63, 3.8) is 0 Å². The lowest BCUT2D eigenvalue weighted by Gasteiger charge is -2.36. The largest absolute Gasteiger partial charge is 0.451 e. The zero-order valence-corrected chi connectivity index (χ0v) is 12.9. The summed E-state index contributed by atoms with van der Waals surface area (Å²) in [5.74, 6) is 0.380. The number of aromatic nitrogens is 2. The molecule has 3 heterocycles. The Labute approximate surface area is 132 Å². The van der Waals surface area contributed by atoms with Crippen LogP contribution < -0.4 is 4.90 Å². The number of nitrogens with zero attached hydrogens (tertiary/aromatic N) is 3. The number of carbonyl (C=O) groups is 1. The van der Waals surface area contributed by atoms with Gasteiger partial charge in [0.1, 0.15) is 17.2 Å². The molecular formula is C17H16FN3O2. The van der Waals surface area contributed by atoms with E-state index in [0.717, 1.165) is 12.2 Å². The molecule has 6 heteroatoms. The lowest BCUT2D eigenvalue weighted by atomic mass is 10.1. The van der Waals surface area contributed by atoms with Gasteiger partial charge in [-0.2, -0.15) is 5.10 Å². The van der Waals surface area contributed by atoms with Gasteiger partial charge in [-0.05, 0) is 44.5 Å².